The van der Waals surface area contributed by atoms with Crippen LogP contribution in [0.4, 0.5) is 8.78 Å². The molecule has 0 amide bonds. The molecule has 1 N–H and O–H groups in total. The number of rotatable bonds is 11. The second-order valence-electron chi connectivity index (χ2n) is 8.15. The maximum absolute atomic E-state index is 13.5. The molecule has 2 bridgehead atoms. The summed E-state index contributed by atoms with van der Waals surface area (Å²) in [6, 6.07) is 0. The molecule has 16 heteroatoms. The van der Waals surface area contributed by atoms with E-state index in [1.165, 1.54) is 7.11 Å². The van der Waals surface area contributed by atoms with E-state index in [0.29, 0.717) is 13.3 Å². The van der Waals surface area contributed by atoms with Crippen LogP contribution < -0.4 is 0 Å². The van der Waals surface area contributed by atoms with Gasteiger partial charge in [-0.25, -0.2) is 0 Å². The molecule has 0 aromatic heterocycles. The fourth-order valence-corrected chi connectivity index (χ4v) is 4.66. The number of methoxy groups -OCH3 is 1. The van der Waals surface area contributed by atoms with Crippen molar-refractivity contribution in [2.75, 3.05) is 7.11 Å². The van der Waals surface area contributed by atoms with Gasteiger partial charge in [-0.15, -0.1) is 0 Å². The Balaban J connectivity index is 1.58. The van der Waals surface area contributed by atoms with Crippen molar-refractivity contribution in [1.82, 2.24) is 0 Å². The van der Waals surface area contributed by atoms with Gasteiger partial charge in [-0.05, 0) is 6.92 Å². The van der Waals surface area contributed by atoms with Crippen molar-refractivity contribution in [3.63, 3.8) is 0 Å². The number of esters is 4. The summed E-state index contributed by atoms with van der Waals surface area (Å²) in [4.78, 5) is 49.0. The number of carbonyl (C=O) groups excluding carboxylic acids is 4. The molecule has 3 fully saturated rings. The molecule has 8 unspecified atom stereocenters. The highest BCUT2D eigenvalue weighted by Crippen LogP contribution is 2.51. The number of ether oxygens (including phenoxy) is 6. The number of hydrogen-bond acceptors (Lipinski definition) is 12. The first-order valence-corrected chi connectivity index (χ1v) is 12.0. The Morgan fingerprint density at radius 2 is 1.74 bits per heavy atom. The van der Waals surface area contributed by atoms with Crippen molar-refractivity contribution in [3.8, 4) is 0 Å². The lowest BCUT2D eigenvalue weighted by molar-refractivity contribution is -0.185. The summed E-state index contributed by atoms with van der Waals surface area (Å²) in [6.07, 6.45) is -8.56. The molecule has 0 spiro atoms. The van der Waals surface area contributed by atoms with E-state index in [1.54, 1.807) is 6.92 Å². The molecule has 198 valence electrons. The SMILES string of the molecule is CCC(OC)OC(=O)C1C2OC3C(OC(=O)C31)C2OC(=O)CCC(=O)OC(C)C(F)(F)S(=O)(=O)O. The molecule has 13 nitrogen and oxygen atoms in total. The van der Waals surface area contributed by atoms with Gasteiger partial charge in [0, 0.05) is 13.5 Å². The Morgan fingerprint density at radius 1 is 1.11 bits per heavy atom. The van der Waals surface area contributed by atoms with Crippen LogP contribution in [0.1, 0.15) is 33.1 Å². The maximum Gasteiger partial charge on any atom is 0.405 e. The largest absolute Gasteiger partial charge is 0.455 e. The van der Waals surface area contributed by atoms with Gasteiger partial charge in [0.25, 0.3) is 0 Å². The van der Waals surface area contributed by atoms with Crippen LogP contribution in [-0.2, 0) is 57.7 Å². The van der Waals surface area contributed by atoms with Crippen molar-refractivity contribution >= 4 is 34.0 Å². The van der Waals surface area contributed by atoms with E-state index in [2.05, 4.69) is 4.74 Å². The summed E-state index contributed by atoms with van der Waals surface area (Å²) < 4.78 is 87.5. The fourth-order valence-electron chi connectivity index (χ4n) is 4.19. The Hall–Kier alpha value is -2.43. The van der Waals surface area contributed by atoms with Crippen molar-refractivity contribution in [2.24, 2.45) is 11.8 Å². The highest BCUT2D eigenvalue weighted by molar-refractivity contribution is 7.86. The average Bonchev–Trinajstić information content (AvgIpc) is 3.38. The minimum Gasteiger partial charge on any atom is -0.455 e. The zero-order valence-electron chi connectivity index (χ0n) is 18.8. The van der Waals surface area contributed by atoms with Gasteiger partial charge in [-0.1, -0.05) is 6.92 Å². The lowest BCUT2D eigenvalue weighted by Crippen LogP contribution is -2.48. The number of carbonyl (C=O) groups is 4. The number of hydrogen-bond donors (Lipinski definition) is 1. The molecule has 3 aliphatic heterocycles. The predicted molar refractivity (Wildman–Crippen MR) is 104 cm³/mol. The smallest absolute Gasteiger partial charge is 0.405 e. The van der Waals surface area contributed by atoms with Crippen LogP contribution in [0.5, 0.6) is 0 Å². The number of alkyl halides is 2. The van der Waals surface area contributed by atoms with Gasteiger partial charge in [-0.2, -0.15) is 17.2 Å². The van der Waals surface area contributed by atoms with Crippen LogP contribution in [0.3, 0.4) is 0 Å². The highest BCUT2D eigenvalue weighted by atomic mass is 32.2. The third-order valence-corrected chi connectivity index (χ3v) is 6.97. The summed E-state index contributed by atoms with van der Waals surface area (Å²) in [5.41, 5.74) is 0. The lowest BCUT2D eigenvalue weighted by Gasteiger charge is -2.28. The number of halogens is 2. The molecule has 8 atom stereocenters. The first-order valence-electron chi connectivity index (χ1n) is 10.6. The molecule has 0 saturated carbocycles. The molecule has 3 aliphatic rings. The van der Waals surface area contributed by atoms with Crippen molar-refractivity contribution in [1.29, 1.82) is 0 Å². The minimum absolute atomic E-state index is 0.338. The van der Waals surface area contributed by atoms with Crippen LogP contribution in [0.2, 0.25) is 0 Å². The van der Waals surface area contributed by atoms with E-state index < -0.39 is 101 Å². The van der Waals surface area contributed by atoms with Crippen LogP contribution >= 0.6 is 0 Å². The van der Waals surface area contributed by atoms with Gasteiger partial charge in [0.15, 0.2) is 18.3 Å². The molecule has 0 aromatic carbocycles. The summed E-state index contributed by atoms with van der Waals surface area (Å²) in [5.74, 6) is -5.96. The van der Waals surface area contributed by atoms with E-state index in [-0.39, 0.29) is 0 Å². The minimum atomic E-state index is -5.84. The van der Waals surface area contributed by atoms with Crippen LogP contribution in [0.25, 0.3) is 0 Å². The van der Waals surface area contributed by atoms with E-state index in [0.717, 1.165) is 0 Å². The van der Waals surface area contributed by atoms with Gasteiger partial charge in [0.1, 0.15) is 24.0 Å². The van der Waals surface area contributed by atoms with Crippen LogP contribution in [0, 0.1) is 11.8 Å². The molecule has 0 aromatic rings. The molecular weight excluding hydrogens is 506 g/mol. The summed E-state index contributed by atoms with van der Waals surface area (Å²) in [7, 11) is -4.50. The molecule has 3 heterocycles. The monoisotopic (exact) mass is 530 g/mol. The van der Waals surface area contributed by atoms with Crippen LogP contribution in [-0.4, -0.2) is 86.0 Å². The second-order valence-corrected chi connectivity index (χ2v) is 9.65. The van der Waals surface area contributed by atoms with Gasteiger partial charge in [0.2, 0.25) is 6.29 Å². The van der Waals surface area contributed by atoms with Crippen LogP contribution in [0.15, 0.2) is 0 Å². The molecular formula is C19H24F2O13S. The van der Waals surface area contributed by atoms with Gasteiger partial charge >= 0.3 is 39.2 Å². The van der Waals surface area contributed by atoms with E-state index in [4.69, 9.17) is 28.2 Å². The first kappa shape index (κ1) is 27.2. The average molecular weight is 530 g/mol. The van der Waals surface area contributed by atoms with Crippen molar-refractivity contribution in [2.45, 2.75) is 75.2 Å². The zero-order valence-corrected chi connectivity index (χ0v) is 19.6. The van der Waals surface area contributed by atoms with E-state index >= 15 is 0 Å². The summed E-state index contributed by atoms with van der Waals surface area (Å²) >= 11 is 0. The normalized spacial score (nSPS) is 31.0. The van der Waals surface area contributed by atoms with E-state index in [1.807, 2.05) is 0 Å². The van der Waals surface area contributed by atoms with Crippen molar-refractivity contribution < 1.29 is 69.4 Å². The highest BCUT2D eigenvalue weighted by Gasteiger charge is 2.72. The van der Waals surface area contributed by atoms with Crippen molar-refractivity contribution in [3.05, 3.63) is 0 Å². The third-order valence-electron chi connectivity index (χ3n) is 5.95. The molecule has 0 radical (unpaired) electrons. The Bertz CT molecular complexity index is 979. The summed E-state index contributed by atoms with van der Waals surface area (Å²) in [6.45, 7) is 2.26. The topological polar surface area (TPSA) is 178 Å². The standard InChI is InChI=1S/C19H24F2O13S/c1-4-10(29-3)32-17(24)11-12-14-16(34-18(12)25)15(13(11)33-14)31-9(23)6-5-8(22)30-7(2)19(20,21)35(26,27)28/h7,10-16H,4-6H2,1-3H3,(H,26,27,28). The quantitative estimate of drug-likeness (QED) is 0.163. The second kappa shape index (κ2) is 9.91. The molecule has 3 saturated heterocycles. The summed E-state index contributed by atoms with van der Waals surface area (Å²) in [5, 5.41) is -4.75. The zero-order chi connectivity index (χ0) is 26.3. The molecule has 3 rings (SSSR count). The fraction of sp³-hybridized carbons (Fsp3) is 0.789. The maximum atomic E-state index is 13.5. The Kier molecular flexibility index (Phi) is 7.69. The molecule has 0 aliphatic carbocycles. The Morgan fingerprint density at radius 3 is 2.31 bits per heavy atom. The van der Waals surface area contributed by atoms with E-state index in [9.17, 15) is 36.4 Å². The third kappa shape index (κ3) is 5.10. The van der Waals surface area contributed by atoms with Gasteiger partial charge in [-0.3, -0.25) is 23.7 Å². The lowest BCUT2D eigenvalue weighted by atomic mass is 9.78. The van der Waals surface area contributed by atoms with Gasteiger partial charge < -0.3 is 28.4 Å². The Labute approximate surface area is 198 Å². The van der Waals surface area contributed by atoms with Gasteiger partial charge in [0.05, 0.1) is 12.8 Å². The molecule has 35 heavy (non-hydrogen) atoms. The number of fused-ring (bicyclic) bond motifs is 1. The first-order chi connectivity index (χ1) is 16.2. The predicted octanol–water partition coefficient (Wildman–Crippen LogP) is -0.0448.